The lowest BCUT2D eigenvalue weighted by molar-refractivity contribution is -0.384. The molecule has 0 aromatic heterocycles. The van der Waals surface area contributed by atoms with Crippen molar-refractivity contribution in [2.24, 2.45) is 5.92 Å². The van der Waals surface area contributed by atoms with Gasteiger partial charge in [0, 0.05) is 23.4 Å². The van der Waals surface area contributed by atoms with Crippen molar-refractivity contribution in [3.05, 3.63) is 57.1 Å². The van der Waals surface area contributed by atoms with Crippen molar-refractivity contribution < 1.29 is 24.0 Å². The molecule has 0 spiro atoms. The molecular formula is C19H18ClN3O6. The SMILES string of the molecule is CC(C)C(NC(=O)c1ccc(Cl)c([N+](=O)[O-])c1)C(=O)Nc1ccc2c(c1)OCO2. The molecule has 1 heterocycles. The molecule has 10 heteroatoms. The summed E-state index contributed by atoms with van der Waals surface area (Å²) in [4.78, 5) is 35.6. The maximum absolute atomic E-state index is 12.7. The van der Waals surface area contributed by atoms with E-state index in [0.29, 0.717) is 17.2 Å². The molecule has 152 valence electrons. The summed E-state index contributed by atoms with van der Waals surface area (Å²) in [5.41, 5.74) is 0.133. The van der Waals surface area contributed by atoms with Crippen LogP contribution in [0.1, 0.15) is 24.2 Å². The number of fused-ring (bicyclic) bond motifs is 1. The molecule has 0 saturated heterocycles. The minimum absolute atomic E-state index is 0.0302. The molecule has 3 rings (SSSR count). The lowest BCUT2D eigenvalue weighted by Crippen LogP contribution is -2.47. The third-order valence-corrected chi connectivity index (χ3v) is 4.60. The number of halogens is 1. The lowest BCUT2D eigenvalue weighted by atomic mass is 10.0. The minimum atomic E-state index is -0.873. The van der Waals surface area contributed by atoms with Crippen LogP contribution in [0.15, 0.2) is 36.4 Å². The molecule has 0 bridgehead atoms. The molecule has 2 aromatic rings. The van der Waals surface area contributed by atoms with Crippen LogP contribution in [-0.2, 0) is 4.79 Å². The van der Waals surface area contributed by atoms with Gasteiger partial charge in [0.2, 0.25) is 12.7 Å². The van der Waals surface area contributed by atoms with E-state index in [0.717, 1.165) is 6.07 Å². The van der Waals surface area contributed by atoms with Gasteiger partial charge in [0.25, 0.3) is 11.6 Å². The van der Waals surface area contributed by atoms with Gasteiger partial charge in [0.15, 0.2) is 11.5 Å². The predicted octanol–water partition coefficient (Wildman–Crippen LogP) is 3.37. The van der Waals surface area contributed by atoms with Crippen molar-refractivity contribution >= 4 is 34.8 Å². The van der Waals surface area contributed by atoms with Crippen LogP contribution in [0.4, 0.5) is 11.4 Å². The number of anilines is 1. The second-order valence-electron chi connectivity index (χ2n) is 6.68. The van der Waals surface area contributed by atoms with Gasteiger partial charge in [-0.15, -0.1) is 0 Å². The molecule has 1 atom stereocenters. The van der Waals surface area contributed by atoms with Crippen LogP contribution >= 0.6 is 11.6 Å². The van der Waals surface area contributed by atoms with Gasteiger partial charge in [-0.2, -0.15) is 0 Å². The zero-order valence-corrected chi connectivity index (χ0v) is 16.4. The van der Waals surface area contributed by atoms with Crippen LogP contribution in [0, 0.1) is 16.0 Å². The highest BCUT2D eigenvalue weighted by Crippen LogP contribution is 2.34. The predicted molar refractivity (Wildman–Crippen MR) is 105 cm³/mol. The first-order chi connectivity index (χ1) is 13.8. The number of nitro benzene ring substituents is 1. The number of carbonyl (C=O) groups is 2. The number of hydrogen-bond donors (Lipinski definition) is 2. The van der Waals surface area contributed by atoms with Crippen molar-refractivity contribution in [3.8, 4) is 11.5 Å². The van der Waals surface area contributed by atoms with Gasteiger partial charge in [-0.05, 0) is 30.2 Å². The van der Waals surface area contributed by atoms with Gasteiger partial charge in [-0.3, -0.25) is 19.7 Å². The number of amides is 2. The number of carbonyl (C=O) groups excluding carboxylic acids is 2. The fourth-order valence-electron chi connectivity index (χ4n) is 2.75. The second-order valence-corrected chi connectivity index (χ2v) is 7.08. The third kappa shape index (κ3) is 4.57. The highest BCUT2D eigenvalue weighted by molar-refractivity contribution is 6.32. The largest absolute Gasteiger partial charge is 0.454 e. The Balaban J connectivity index is 1.74. The monoisotopic (exact) mass is 419 g/mol. The maximum atomic E-state index is 12.7. The van der Waals surface area contributed by atoms with Crippen LogP contribution in [0.25, 0.3) is 0 Å². The fraction of sp³-hybridized carbons (Fsp3) is 0.263. The number of benzene rings is 2. The summed E-state index contributed by atoms with van der Waals surface area (Å²) in [6, 6.07) is 7.79. The van der Waals surface area contributed by atoms with Gasteiger partial charge in [-0.25, -0.2) is 0 Å². The Bertz CT molecular complexity index is 978. The summed E-state index contributed by atoms with van der Waals surface area (Å²) in [6.45, 7) is 3.66. The average molecular weight is 420 g/mol. The Kier molecular flexibility index (Phi) is 5.88. The zero-order valence-electron chi connectivity index (χ0n) is 15.6. The first kappa shape index (κ1) is 20.4. The minimum Gasteiger partial charge on any atom is -0.454 e. The molecular weight excluding hydrogens is 402 g/mol. The van der Waals surface area contributed by atoms with Gasteiger partial charge in [0.1, 0.15) is 11.1 Å². The highest BCUT2D eigenvalue weighted by atomic mass is 35.5. The van der Waals surface area contributed by atoms with Crippen LogP contribution in [-0.4, -0.2) is 29.6 Å². The average Bonchev–Trinajstić information content (AvgIpc) is 3.13. The van der Waals surface area contributed by atoms with Gasteiger partial charge >= 0.3 is 0 Å². The Hall–Kier alpha value is -3.33. The van der Waals surface area contributed by atoms with E-state index in [1.807, 2.05) is 0 Å². The molecule has 29 heavy (non-hydrogen) atoms. The van der Waals surface area contributed by atoms with E-state index in [9.17, 15) is 19.7 Å². The third-order valence-electron chi connectivity index (χ3n) is 4.28. The second kappa shape index (κ2) is 8.36. The lowest BCUT2D eigenvalue weighted by Gasteiger charge is -2.22. The Morgan fingerprint density at radius 1 is 1.14 bits per heavy atom. The van der Waals surface area contributed by atoms with E-state index in [4.69, 9.17) is 21.1 Å². The highest BCUT2D eigenvalue weighted by Gasteiger charge is 2.26. The summed E-state index contributed by atoms with van der Waals surface area (Å²) < 4.78 is 10.5. The Morgan fingerprint density at radius 3 is 2.55 bits per heavy atom. The van der Waals surface area contributed by atoms with Crippen molar-refractivity contribution in [3.63, 3.8) is 0 Å². The fourth-order valence-corrected chi connectivity index (χ4v) is 2.93. The van der Waals surface area contributed by atoms with Crippen molar-refractivity contribution in [1.82, 2.24) is 5.32 Å². The van der Waals surface area contributed by atoms with E-state index in [1.54, 1.807) is 32.0 Å². The van der Waals surface area contributed by atoms with Crippen molar-refractivity contribution in [2.45, 2.75) is 19.9 Å². The van der Waals surface area contributed by atoms with E-state index >= 15 is 0 Å². The molecule has 0 radical (unpaired) electrons. The van der Waals surface area contributed by atoms with Crippen LogP contribution in [0.3, 0.4) is 0 Å². The molecule has 2 aromatic carbocycles. The normalized spacial score (nSPS) is 13.1. The van der Waals surface area contributed by atoms with Crippen LogP contribution < -0.4 is 20.1 Å². The zero-order chi connectivity index (χ0) is 21.1. The number of hydrogen-bond acceptors (Lipinski definition) is 6. The maximum Gasteiger partial charge on any atom is 0.288 e. The smallest absolute Gasteiger partial charge is 0.288 e. The molecule has 1 aliphatic rings. The molecule has 1 unspecified atom stereocenters. The van der Waals surface area contributed by atoms with E-state index < -0.39 is 22.8 Å². The molecule has 0 aliphatic carbocycles. The molecule has 2 N–H and O–H groups in total. The summed E-state index contributed by atoms with van der Waals surface area (Å²) in [5.74, 6) is -0.197. The van der Waals surface area contributed by atoms with Crippen molar-refractivity contribution in [2.75, 3.05) is 12.1 Å². The van der Waals surface area contributed by atoms with E-state index in [2.05, 4.69) is 10.6 Å². The quantitative estimate of drug-likeness (QED) is 0.547. The number of nitrogens with one attached hydrogen (secondary N) is 2. The number of nitrogens with zero attached hydrogens (tertiary/aromatic N) is 1. The number of ether oxygens (including phenoxy) is 2. The van der Waals surface area contributed by atoms with Crippen LogP contribution in [0.2, 0.25) is 5.02 Å². The molecule has 2 amide bonds. The summed E-state index contributed by atoms with van der Waals surface area (Å²) >= 11 is 5.78. The van der Waals surface area contributed by atoms with E-state index in [-0.39, 0.29) is 29.0 Å². The van der Waals surface area contributed by atoms with Gasteiger partial charge < -0.3 is 20.1 Å². The summed E-state index contributed by atoms with van der Waals surface area (Å²) in [7, 11) is 0. The summed E-state index contributed by atoms with van der Waals surface area (Å²) in [5, 5.41) is 16.3. The van der Waals surface area contributed by atoms with Crippen LogP contribution in [0.5, 0.6) is 11.5 Å². The molecule has 1 aliphatic heterocycles. The first-order valence-corrected chi connectivity index (χ1v) is 9.09. The molecule has 0 fully saturated rings. The Labute approximate surface area is 171 Å². The van der Waals surface area contributed by atoms with E-state index in [1.165, 1.54) is 12.1 Å². The van der Waals surface area contributed by atoms with Gasteiger partial charge in [-0.1, -0.05) is 25.4 Å². The molecule has 0 saturated carbocycles. The number of rotatable bonds is 6. The van der Waals surface area contributed by atoms with Crippen molar-refractivity contribution in [1.29, 1.82) is 0 Å². The van der Waals surface area contributed by atoms with Gasteiger partial charge in [0.05, 0.1) is 4.92 Å². The summed E-state index contributed by atoms with van der Waals surface area (Å²) in [6.07, 6.45) is 0. The standard InChI is InChI=1S/C19H18ClN3O6/c1-10(2)17(19(25)21-12-4-6-15-16(8-12)29-9-28-15)22-18(24)11-3-5-13(20)14(7-11)23(26)27/h3-8,10,17H,9H2,1-2H3,(H,21,25)(H,22,24). The topological polar surface area (TPSA) is 120 Å². The Morgan fingerprint density at radius 2 is 1.86 bits per heavy atom. The first-order valence-electron chi connectivity index (χ1n) is 8.71. The molecule has 9 nitrogen and oxygen atoms in total. The number of nitro groups is 1.